The molecule has 1 amide bonds. The Morgan fingerprint density at radius 3 is 2.50 bits per heavy atom. The minimum absolute atomic E-state index is 0.0243. The monoisotopic (exact) mass is 434 g/mol. The Labute approximate surface area is 175 Å². The number of nitrogens with one attached hydrogen (secondary N) is 1. The Balaban J connectivity index is 1.52. The zero-order valence-electron chi connectivity index (χ0n) is 16.6. The molecule has 160 valence electrons. The molecule has 8 heteroatoms. The quantitative estimate of drug-likeness (QED) is 0.786. The molecule has 1 saturated heterocycles. The molecule has 2 fully saturated rings. The van der Waals surface area contributed by atoms with Gasteiger partial charge in [0.2, 0.25) is 15.9 Å². The van der Waals surface area contributed by atoms with Crippen LogP contribution in [0.15, 0.2) is 42.5 Å². The highest BCUT2D eigenvalue weighted by molar-refractivity contribution is 7.88. The summed E-state index contributed by atoms with van der Waals surface area (Å²) in [6, 6.07) is 10.6. The fourth-order valence-corrected chi connectivity index (χ4v) is 5.22. The minimum atomic E-state index is -3.33. The maximum atomic E-state index is 14.4. The minimum Gasteiger partial charge on any atom is -0.341 e. The summed E-state index contributed by atoms with van der Waals surface area (Å²) in [4.78, 5) is 14.7. The zero-order chi connectivity index (χ0) is 21.5. The number of amides is 1. The highest BCUT2D eigenvalue weighted by Crippen LogP contribution is 2.51. The first-order valence-corrected chi connectivity index (χ1v) is 11.9. The topological polar surface area (TPSA) is 66.5 Å². The molecule has 1 aliphatic carbocycles. The molecule has 3 atom stereocenters. The third-order valence-corrected chi connectivity index (χ3v) is 6.58. The number of piperidine rings is 1. The third kappa shape index (κ3) is 4.39. The van der Waals surface area contributed by atoms with Gasteiger partial charge in [-0.25, -0.2) is 21.9 Å². The van der Waals surface area contributed by atoms with Crippen molar-refractivity contribution in [3.8, 4) is 11.1 Å². The van der Waals surface area contributed by atoms with Gasteiger partial charge in [0, 0.05) is 25.0 Å². The molecule has 1 heterocycles. The number of sulfonamides is 1. The lowest BCUT2D eigenvalue weighted by atomic mass is 9.95. The molecule has 0 aromatic heterocycles. The molecular formula is C22H24F2N2O3S. The van der Waals surface area contributed by atoms with Crippen molar-refractivity contribution < 1.29 is 22.0 Å². The van der Waals surface area contributed by atoms with Gasteiger partial charge in [0.1, 0.15) is 11.6 Å². The summed E-state index contributed by atoms with van der Waals surface area (Å²) in [7, 11) is -3.33. The van der Waals surface area contributed by atoms with Gasteiger partial charge in [-0.1, -0.05) is 30.3 Å². The van der Waals surface area contributed by atoms with Crippen LogP contribution < -0.4 is 4.72 Å². The van der Waals surface area contributed by atoms with Gasteiger partial charge in [-0.05, 0) is 48.4 Å². The summed E-state index contributed by atoms with van der Waals surface area (Å²) in [5.74, 6) is -1.63. The van der Waals surface area contributed by atoms with Crippen LogP contribution in [0, 0.1) is 17.6 Å². The van der Waals surface area contributed by atoms with Gasteiger partial charge in [-0.15, -0.1) is 0 Å². The Hall–Kier alpha value is -2.32. The molecule has 30 heavy (non-hydrogen) atoms. The van der Waals surface area contributed by atoms with Crippen LogP contribution in [0.4, 0.5) is 8.78 Å². The summed E-state index contributed by atoms with van der Waals surface area (Å²) >= 11 is 0. The largest absolute Gasteiger partial charge is 0.341 e. The van der Waals surface area contributed by atoms with E-state index in [-0.39, 0.29) is 29.3 Å². The second kappa shape index (κ2) is 8.07. The Kier molecular flexibility index (Phi) is 5.63. The fraction of sp³-hybridized carbons (Fsp3) is 0.409. The van der Waals surface area contributed by atoms with Crippen molar-refractivity contribution in [2.45, 2.75) is 31.2 Å². The van der Waals surface area contributed by atoms with Crippen LogP contribution in [-0.4, -0.2) is 44.6 Å². The number of halogens is 2. The summed E-state index contributed by atoms with van der Waals surface area (Å²) in [6.45, 7) is 0.937. The molecule has 2 aromatic carbocycles. The van der Waals surface area contributed by atoms with Gasteiger partial charge >= 0.3 is 0 Å². The average Bonchev–Trinajstić information content (AvgIpc) is 3.47. The van der Waals surface area contributed by atoms with Crippen molar-refractivity contribution in [3.05, 3.63) is 59.7 Å². The van der Waals surface area contributed by atoms with Crippen molar-refractivity contribution in [1.82, 2.24) is 9.62 Å². The molecule has 4 rings (SSSR count). The molecule has 2 aliphatic rings. The lowest BCUT2D eigenvalue weighted by Crippen LogP contribution is -2.49. The van der Waals surface area contributed by atoms with E-state index in [1.54, 1.807) is 17.0 Å². The van der Waals surface area contributed by atoms with Gasteiger partial charge < -0.3 is 4.90 Å². The maximum absolute atomic E-state index is 14.4. The highest BCUT2D eigenvalue weighted by Gasteiger charge is 2.47. The number of hydrogen-bond donors (Lipinski definition) is 1. The number of carbonyl (C=O) groups excluding carboxylic acids is 1. The fourth-order valence-electron chi connectivity index (χ4n) is 4.43. The third-order valence-electron chi connectivity index (χ3n) is 5.81. The Bertz CT molecular complexity index is 1050. The lowest BCUT2D eigenvalue weighted by Gasteiger charge is -2.33. The second-order valence-corrected chi connectivity index (χ2v) is 9.93. The molecule has 1 saturated carbocycles. The van der Waals surface area contributed by atoms with E-state index in [1.807, 2.05) is 12.1 Å². The smallest absolute Gasteiger partial charge is 0.226 e. The number of hydrogen-bond acceptors (Lipinski definition) is 3. The van der Waals surface area contributed by atoms with Crippen LogP contribution in [0.5, 0.6) is 0 Å². The number of rotatable bonds is 5. The second-order valence-electron chi connectivity index (χ2n) is 8.15. The van der Waals surface area contributed by atoms with Crippen molar-refractivity contribution in [2.75, 3.05) is 19.3 Å². The van der Waals surface area contributed by atoms with E-state index in [0.717, 1.165) is 18.2 Å². The predicted octanol–water partition coefficient (Wildman–Crippen LogP) is 3.28. The molecule has 5 nitrogen and oxygen atoms in total. The van der Waals surface area contributed by atoms with Crippen molar-refractivity contribution in [3.63, 3.8) is 0 Å². The Morgan fingerprint density at radius 2 is 1.80 bits per heavy atom. The first kappa shape index (κ1) is 20.9. The molecule has 0 bridgehead atoms. The van der Waals surface area contributed by atoms with Crippen LogP contribution in [0.1, 0.15) is 30.7 Å². The number of benzene rings is 2. The van der Waals surface area contributed by atoms with E-state index in [1.165, 1.54) is 18.2 Å². The SMILES string of the molecule is CS(=O)(=O)N[C@H]1CCCN(C(=O)[C@H]2C[C@@H]2c2ccccc2-c2c(F)cccc2F)C1. The van der Waals surface area contributed by atoms with Crippen molar-refractivity contribution in [2.24, 2.45) is 5.92 Å². The van der Waals surface area contributed by atoms with Crippen molar-refractivity contribution >= 4 is 15.9 Å². The van der Waals surface area contributed by atoms with Gasteiger partial charge in [0.25, 0.3) is 0 Å². The number of carbonyl (C=O) groups is 1. The first-order valence-electron chi connectivity index (χ1n) is 10.0. The first-order chi connectivity index (χ1) is 14.2. The number of likely N-dealkylation sites (tertiary alicyclic amines) is 1. The summed E-state index contributed by atoms with van der Waals surface area (Å²) < 4.78 is 54.3. The van der Waals surface area contributed by atoms with Gasteiger partial charge in [-0.3, -0.25) is 4.79 Å². The summed E-state index contributed by atoms with van der Waals surface area (Å²) in [6.07, 6.45) is 3.16. The van der Waals surface area contributed by atoms with E-state index in [0.29, 0.717) is 31.5 Å². The van der Waals surface area contributed by atoms with Gasteiger partial charge in [0.15, 0.2) is 0 Å². The van der Waals surface area contributed by atoms with Crippen LogP contribution >= 0.6 is 0 Å². The van der Waals surface area contributed by atoms with Crippen molar-refractivity contribution in [1.29, 1.82) is 0 Å². The maximum Gasteiger partial charge on any atom is 0.226 e. The standard InChI is InChI=1S/C22H24F2N2O3S/c1-30(28,29)25-14-6-5-11-26(13-14)22(27)18-12-17(18)15-7-2-3-8-16(15)21-19(23)9-4-10-20(21)24/h2-4,7-10,14,17-18,25H,5-6,11-13H2,1H3/t14-,17+,18-/m0/s1. The molecule has 0 spiro atoms. The summed E-state index contributed by atoms with van der Waals surface area (Å²) in [5, 5.41) is 0. The molecule has 0 radical (unpaired) electrons. The molecule has 1 aliphatic heterocycles. The average molecular weight is 435 g/mol. The van der Waals surface area contributed by atoms with E-state index in [9.17, 15) is 22.0 Å². The summed E-state index contributed by atoms with van der Waals surface area (Å²) in [5.41, 5.74) is 1.17. The molecule has 1 N–H and O–H groups in total. The van der Waals surface area contributed by atoms with Gasteiger partial charge in [0.05, 0.1) is 11.8 Å². The van der Waals surface area contributed by atoms with Crippen LogP contribution in [0.25, 0.3) is 11.1 Å². The van der Waals surface area contributed by atoms with Gasteiger partial charge in [-0.2, -0.15) is 0 Å². The Morgan fingerprint density at radius 1 is 1.10 bits per heavy atom. The van der Waals surface area contributed by atoms with E-state index < -0.39 is 21.7 Å². The zero-order valence-corrected chi connectivity index (χ0v) is 17.5. The van der Waals surface area contributed by atoms with E-state index >= 15 is 0 Å². The highest BCUT2D eigenvalue weighted by atomic mass is 32.2. The molecule has 0 unspecified atom stereocenters. The van der Waals surface area contributed by atoms with E-state index in [2.05, 4.69) is 4.72 Å². The van der Waals surface area contributed by atoms with Crippen LogP contribution in [0.2, 0.25) is 0 Å². The van der Waals surface area contributed by atoms with Crippen LogP contribution in [-0.2, 0) is 14.8 Å². The molecule has 2 aromatic rings. The van der Waals surface area contributed by atoms with Crippen LogP contribution in [0.3, 0.4) is 0 Å². The molecular weight excluding hydrogens is 410 g/mol. The number of nitrogens with zero attached hydrogens (tertiary/aromatic N) is 1. The van der Waals surface area contributed by atoms with E-state index in [4.69, 9.17) is 0 Å². The lowest BCUT2D eigenvalue weighted by molar-refractivity contribution is -0.133. The normalized spacial score (nSPS) is 24.0. The predicted molar refractivity (Wildman–Crippen MR) is 110 cm³/mol.